The molecular weight excluding hydrogens is 298 g/mol. The number of allylic oxidation sites excluding steroid dienone is 2. The van der Waals surface area contributed by atoms with Crippen molar-refractivity contribution >= 4 is 17.0 Å². The van der Waals surface area contributed by atoms with Gasteiger partial charge in [-0.05, 0) is 30.2 Å². The van der Waals surface area contributed by atoms with Crippen LogP contribution < -0.4 is 5.43 Å². The number of rotatable bonds is 4. The highest BCUT2D eigenvalue weighted by Crippen LogP contribution is 2.20. The van der Waals surface area contributed by atoms with Crippen LogP contribution in [0.3, 0.4) is 0 Å². The Labute approximate surface area is 140 Å². The molecule has 0 fully saturated rings. The molecule has 0 spiro atoms. The standard InChI is InChI=1S/C19H13N5/c1-14(15-5-3-2-4-6-15)23-24-18-9-7-16(8-10-18)19(13-22)17(11-20)12-21/h2-10,24H,1H3/b23-14+. The van der Waals surface area contributed by atoms with E-state index < -0.39 is 0 Å². The largest absolute Gasteiger partial charge is 0.278 e. The van der Waals surface area contributed by atoms with Gasteiger partial charge in [0.05, 0.1) is 17.0 Å². The first-order chi connectivity index (χ1) is 11.7. The summed E-state index contributed by atoms with van der Waals surface area (Å²) >= 11 is 0. The minimum atomic E-state index is -0.198. The molecule has 0 saturated carbocycles. The average molecular weight is 311 g/mol. The maximum Gasteiger partial charge on any atom is 0.148 e. The number of nitriles is 3. The van der Waals surface area contributed by atoms with Crippen LogP contribution in [0.2, 0.25) is 0 Å². The molecule has 2 aromatic rings. The van der Waals surface area contributed by atoms with Crippen molar-refractivity contribution in [3.8, 4) is 18.2 Å². The quantitative estimate of drug-likeness (QED) is 0.527. The number of benzene rings is 2. The van der Waals surface area contributed by atoms with E-state index in [0.29, 0.717) is 5.56 Å². The van der Waals surface area contributed by atoms with Crippen LogP contribution in [-0.4, -0.2) is 5.71 Å². The molecule has 0 aliphatic rings. The Balaban J connectivity index is 2.20. The van der Waals surface area contributed by atoms with Gasteiger partial charge in [-0.2, -0.15) is 20.9 Å². The Hall–Kier alpha value is -3.88. The molecule has 1 N–H and O–H groups in total. The molecule has 0 aromatic heterocycles. The van der Waals surface area contributed by atoms with Gasteiger partial charge in [0.15, 0.2) is 0 Å². The maximum atomic E-state index is 9.14. The molecule has 5 heteroatoms. The average Bonchev–Trinajstić information content (AvgIpc) is 2.65. The number of nitrogens with zero attached hydrogens (tertiary/aromatic N) is 4. The topological polar surface area (TPSA) is 95.8 Å². The van der Waals surface area contributed by atoms with Gasteiger partial charge < -0.3 is 0 Å². The monoisotopic (exact) mass is 311 g/mol. The summed E-state index contributed by atoms with van der Waals surface area (Å²) < 4.78 is 0. The summed E-state index contributed by atoms with van der Waals surface area (Å²) in [4.78, 5) is 0. The van der Waals surface area contributed by atoms with Crippen molar-refractivity contribution in [1.29, 1.82) is 15.8 Å². The summed E-state index contributed by atoms with van der Waals surface area (Å²) in [7, 11) is 0. The fraction of sp³-hybridized carbons (Fsp3) is 0.0526. The Bertz CT molecular complexity index is 885. The van der Waals surface area contributed by atoms with Gasteiger partial charge in [-0.15, -0.1) is 0 Å². The van der Waals surface area contributed by atoms with Crippen LogP contribution in [0.15, 0.2) is 65.3 Å². The molecule has 114 valence electrons. The zero-order chi connectivity index (χ0) is 17.4. The summed E-state index contributed by atoms with van der Waals surface area (Å²) in [6.07, 6.45) is 0. The first-order valence-electron chi connectivity index (χ1n) is 7.10. The van der Waals surface area contributed by atoms with Crippen LogP contribution in [0.4, 0.5) is 5.69 Å². The summed E-state index contributed by atoms with van der Waals surface area (Å²) in [6.45, 7) is 1.90. The van der Waals surface area contributed by atoms with Gasteiger partial charge in [0.25, 0.3) is 0 Å². The van der Waals surface area contributed by atoms with Crippen LogP contribution in [0.5, 0.6) is 0 Å². The van der Waals surface area contributed by atoms with Crippen molar-refractivity contribution in [1.82, 2.24) is 0 Å². The predicted molar refractivity (Wildman–Crippen MR) is 92.5 cm³/mol. The van der Waals surface area contributed by atoms with Crippen molar-refractivity contribution in [2.24, 2.45) is 5.10 Å². The van der Waals surface area contributed by atoms with Gasteiger partial charge >= 0.3 is 0 Å². The molecule has 0 atom stereocenters. The Morgan fingerprint density at radius 1 is 0.833 bits per heavy atom. The lowest BCUT2D eigenvalue weighted by Gasteiger charge is -2.05. The van der Waals surface area contributed by atoms with Gasteiger partial charge in [0.1, 0.15) is 23.8 Å². The molecular formula is C19H13N5. The molecule has 0 aliphatic heterocycles. The lowest BCUT2D eigenvalue weighted by molar-refractivity contribution is 1.32. The lowest BCUT2D eigenvalue weighted by atomic mass is 10.0. The maximum absolute atomic E-state index is 9.14. The molecule has 0 radical (unpaired) electrons. The van der Waals surface area contributed by atoms with Gasteiger partial charge in [0, 0.05) is 0 Å². The first kappa shape index (κ1) is 16.5. The van der Waals surface area contributed by atoms with Gasteiger partial charge in [-0.1, -0.05) is 42.5 Å². The second-order valence-corrected chi connectivity index (χ2v) is 4.84. The molecule has 0 amide bonds. The zero-order valence-electron chi connectivity index (χ0n) is 13.0. The number of hydrazone groups is 1. The van der Waals surface area contributed by atoms with E-state index in [1.165, 1.54) is 0 Å². The Morgan fingerprint density at radius 3 is 2.00 bits per heavy atom. The van der Waals surface area contributed by atoms with E-state index in [0.717, 1.165) is 17.0 Å². The van der Waals surface area contributed by atoms with Crippen LogP contribution in [0, 0.1) is 34.0 Å². The Kier molecular flexibility index (Phi) is 5.45. The van der Waals surface area contributed by atoms with E-state index in [9.17, 15) is 0 Å². The molecule has 0 aliphatic carbocycles. The van der Waals surface area contributed by atoms with Crippen molar-refractivity contribution in [3.63, 3.8) is 0 Å². The summed E-state index contributed by atoms with van der Waals surface area (Å²) in [6, 6.07) is 22.0. The number of nitrogens with one attached hydrogen (secondary N) is 1. The second kappa shape index (κ2) is 7.94. The smallest absolute Gasteiger partial charge is 0.148 e. The third-order valence-corrected chi connectivity index (χ3v) is 3.30. The van der Waals surface area contributed by atoms with Crippen LogP contribution in [-0.2, 0) is 0 Å². The number of anilines is 1. The minimum absolute atomic E-state index is 0.0653. The molecule has 24 heavy (non-hydrogen) atoms. The van der Waals surface area contributed by atoms with Crippen molar-refractivity contribution in [2.45, 2.75) is 6.92 Å². The van der Waals surface area contributed by atoms with E-state index in [2.05, 4.69) is 10.5 Å². The van der Waals surface area contributed by atoms with Gasteiger partial charge in [-0.25, -0.2) is 0 Å². The fourth-order valence-corrected chi connectivity index (χ4v) is 2.01. The van der Waals surface area contributed by atoms with Crippen LogP contribution in [0.25, 0.3) is 5.57 Å². The molecule has 2 aromatic carbocycles. The highest BCUT2D eigenvalue weighted by atomic mass is 15.3. The van der Waals surface area contributed by atoms with Gasteiger partial charge in [-0.3, -0.25) is 5.43 Å². The third kappa shape index (κ3) is 3.85. The van der Waals surface area contributed by atoms with Crippen LogP contribution >= 0.6 is 0 Å². The molecule has 5 nitrogen and oxygen atoms in total. The van der Waals surface area contributed by atoms with Crippen molar-refractivity contribution in [3.05, 3.63) is 71.3 Å². The van der Waals surface area contributed by atoms with E-state index >= 15 is 0 Å². The van der Waals surface area contributed by atoms with E-state index in [-0.39, 0.29) is 11.1 Å². The normalized spacial score (nSPS) is 10.0. The van der Waals surface area contributed by atoms with E-state index in [1.54, 1.807) is 36.4 Å². The van der Waals surface area contributed by atoms with E-state index in [4.69, 9.17) is 15.8 Å². The molecule has 0 saturated heterocycles. The van der Waals surface area contributed by atoms with E-state index in [1.807, 2.05) is 43.3 Å². The molecule has 2 rings (SSSR count). The molecule has 0 unspecified atom stereocenters. The van der Waals surface area contributed by atoms with Crippen LogP contribution in [0.1, 0.15) is 18.1 Å². The zero-order valence-corrected chi connectivity index (χ0v) is 13.0. The summed E-state index contributed by atoms with van der Waals surface area (Å²) in [5.74, 6) is 0. The first-order valence-corrected chi connectivity index (χ1v) is 7.10. The SMILES string of the molecule is C/C(=N\Nc1ccc(C(C#N)=C(C#N)C#N)cc1)c1ccccc1. The summed E-state index contributed by atoms with van der Waals surface area (Å²) in [5.41, 5.74) is 5.93. The number of hydrogen-bond donors (Lipinski definition) is 1. The number of hydrogen-bond acceptors (Lipinski definition) is 5. The molecule has 0 heterocycles. The second-order valence-electron chi connectivity index (χ2n) is 4.84. The Morgan fingerprint density at radius 2 is 1.46 bits per heavy atom. The third-order valence-electron chi connectivity index (χ3n) is 3.30. The van der Waals surface area contributed by atoms with Crippen molar-refractivity contribution in [2.75, 3.05) is 5.43 Å². The molecule has 0 bridgehead atoms. The highest BCUT2D eigenvalue weighted by molar-refractivity contribution is 5.99. The lowest BCUT2D eigenvalue weighted by Crippen LogP contribution is -1.99. The van der Waals surface area contributed by atoms with Gasteiger partial charge in [0.2, 0.25) is 0 Å². The van der Waals surface area contributed by atoms with Crippen molar-refractivity contribution < 1.29 is 0 Å². The fourth-order valence-electron chi connectivity index (χ4n) is 2.01. The minimum Gasteiger partial charge on any atom is -0.278 e. The highest BCUT2D eigenvalue weighted by Gasteiger charge is 2.08. The predicted octanol–water partition coefficient (Wildman–Crippen LogP) is 3.85. The summed E-state index contributed by atoms with van der Waals surface area (Å²) in [5, 5.41) is 31.2.